The maximum absolute atomic E-state index is 10.1. The van der Waals surface area contributed by atoms with Crippen LogP contribution in [0.5, 0.6) is 0 Å². The van der Waals surface area contributed by atoms with E-state index < -0.39 is 0 Å². The number of aryl methyl sites for hydroxylation is 1. The summed E-state index contributed by atoms with van der Waals surface area (Å²) < 4.78 is 0. The highest BCUT2D eigenvalue weighted by atomic mass is 16.3. The van der Waals surface area contributed by atoms with Crippen molar-refractivity contribution in [2.75, 3.05) is 0 Å². The van der Waals surface area contributed by atoms with Gasteiger partial charge in [-0.2, -0.15) is 0 Å². The fourth-order valence-electron chi connectivity index (χ4n) is 2.08. The summed E-state index contributed by atoms with van der Waals surface area (Å²) >= 11 is 0. The molecule has 1 aromatic carbocycles. The predicted octanol–water partition coefficient (Wildman–Crippen LogP) is 3.85. The van der Waals surface area contributed by atoms with E-state index in [-0.39, 0.29) is 6.10 Å². The zero-order chi connectivity index (χ0) is 11.3. The van der Waals surface area contributed by atoms with Crippen LogP contribution < -0.4 is 0 Å². The normalized spacial score (nSPS) is 14.9. The molecule has 0 aliphatic rings. The Bertz CT molecular complexity index is 293. The van der Waals surface area contributed by atoms with Gasteiger partial charge in [-0.25, -0.2) is 0 Å². The van der Waals surface area contributed by atoms with Gasteiger partial charge in [-0.1, -0.05) is 51.0 Å². The molecule has 1 N–H and O–H groups in total. The van der Waals surface area contributed by atoms with Crippen molar-refractivity contribution in [3.63, 3.8) is 0 Å². The van der Waals surface area contributed by atoms with Crippen LogP contribution in [0, 0.1) is 12.8 Å². The zero-order valence-electron chi connectivity index (χ0n) is 10.0. The number of rotatable bonds is 5. The second-order valence-electron chi connectivity index (χ2n) is 4.50. The molecule has 1 heteroatoms. The molecule has 0 saturated carbocycles. The maximum atomic E-state index is 10.1. The highest BCUT2D eigenvalue weighted by molar-refractivity contribution is 5.27. The number of aliphatic hydroxyl groups excluding tert-OH is 1. The fraction of sp³-hybridized carbons (Fsp3) is 0.571. The first-order chi connectivity index (χ1) is 7.15. The van der Waals surface area contributed by atoms with Gasteiger partial charge in [0.15, 0.2) is 0 Å². The van der Waals surface area contributed by atoms with Crippen LogP contribution in [0.25, 0.3) is 0 Å². The van der Waals surface area contributed by atoms with Gasteiger partial charge < -0.3 is 5.11 Å². The lowest BCUT2D eigenvalue weighted by atomic mass is 9.93. The molecule has 84 valence electrons. The van der Waals surface area contributed by atoms with Crippen molar-refractivity contribution in [2.24, 2.45) is 5.92 Å². The molecule has 1 rings (SSSR count). The van der Waals surface area contributed by atoms with Crippen molar-refractivity contribution >= 4 is 0 Å². The molecule has 0 aliphatic carbocycles. The minimum Gasteiger partial charge on any atom is -0.388 e. The molecule has 0 heterocycles. The third-order valence-electron chi connectivity index (χ3n) is 2.95. The molecule has 1 aromatic rings. The second-order valence-corrected chi connectivity index (χ2v) is 4.50. The summed E-state index contributed by atoms with van der Waals surface area (Å²) in [5.74, 6) is 0.601. The summed E-state index contributed by atoms with van der Waals surface area (Å²) in [7, 11) is 0. The van der Waals surface area contributed by atoms with Crippen LogP contribution in [-0.4, -0.2) is 5.11 Å². The number of hydrogen-bond acceptors (Lipinski definition) is 1. The number of hydrogen-bond donors (Lipinski definition) is 1. The average molecular weight is 206 g/mol. The molecule has 2 atom stereocenters. The minimum atomic E-state index is -0.298. The Hall–Kier alpha value is -0.820. The Balaban J connectivity index is 2.61. The van der Waals surface area contributed by atoms with Gasteiger partial charge in [-0.3, -0.25) is 0 Å². The molecule has 0 amide bonds. The second kappa shape index (κ2) is 5.92. The van der Waals surface area contributed by atoms with E-state index in [0.717, 1.165) is 12.0 Å². The first kappa shape index (κ1) is 12.3. The molecule has 2 unspecified atom stereocenters. The van der Waals surface area contributed by atoms with Gasteiger partial charge in [-0.05, 0) is 30.4 Å². The molecule has 0 aliphatic heterocycles. The lowest BCUT2D eigenvalue weighted by molar-refractivity contribution is 0.144. The Morgan fingerprint density at radius 2 is 1.93 bits per heavy atom. The van der Waals surface area contributed by atoms with Crippen LogP contribution in [0.15, 0.2) is 24.3 Å². The molecule has 0 fully saturated rings. The molecule has 0 bridgehead atoms. The molecule has 0 aromatic heterocycles. The maximum Gasteiger partial charge on any atom is 0.0795 e. The van der Waals surface area contributed by atoms with Crippen molar-refractivity contribution < 1.29 is 5.11 Å². The Kier molecular flexibility index (Phi) is 4.83. The zero-order valence-corrected chi connectivity index (χ0v) is 10.0. The molecule has 0 spiro atoms. The SMILES string of the molecule is CCCC(C)CC(O)c1ccccc1C. The van der Waals surface area contributed by atoms with Gasteiger partial charge in [-0.15, -0.1) is 0 Å². The van der Waals surface area contributed by atoms with Gasteiger partial charge >= 0.3 is 0 Å². The van der Waals surface area contributed by atoms with E-state index in [9.17, 15) is 5.11 Å². The molecular formula is C14H22O. The quantitative estimate of drug-likeness (QED) is 0.775. The fourth-order valence-corrected chi connectivity index (χ4v) is 2.08. The van der Waals surface area contributed by atoms with Gasteiger partial charge in [0.1, 0.15) is 0 Å². The lowest BCUT2D eigenvalue weighted by Gasteiger charge is -2.17. The third-order valence-corrected chi connectivity index (χ3v) is 2.95. The summed E-state index contributed by atoms with van der Waals surface area (Å²) in [6.45, 7) is 6.46. The van der Waals surface area contributed by atoms with Crippen molar-refractivity contribution in [1.82, 2.24) is 0 Å². The highest BCUT2D eigenvalue weighted by Gasteiger charge is 2.13. The summed E-state index contributed by atoms with van der Waals surface area (Å²) in [6, 6.07) is 8.10. The van der Waals surface area contributed by atoms with Crippen LogP contribution in [0.2, 0.25) is 0 Å². The first-order valence-electron chi connectivity index (χ1n) is 5.88. The molecule has 0 saturated heterocycles. The van der Waals surface area contributed by atoms with Gasteiger partial charge in [0.25, 0.3) is 0 Å². The number of aliphatic hydroxyl groups is 1. The van der Waals surface area contributed by atoms with Crippen molar-refractivity contribution in [1.29, 1.82) is 0 Å². The van der Waals surface area contributed by atoms with Crippen LogP contribution in [0.4, 0.5) is 0 Å². The Labute approximate surface area is 93.1 Å². The van der Waals surface area contributed by atoms with Crippen LogP contribution in [0.3, 0.4) is 0 Å². The summed E-state index contributed by atoms with van der Waals surface area (Å²) in [4.78, 5) is 0. The molecule has 15 heavy (non-hydrogen) atoms. The largest absolute Gasteiger partial charge is 0.388 e. The first-order valence-corrected chi connectivity index (χ1v) is 5.88. The van der Waals surface area contributed by atoms with E-state index >= 15 is 0 Å². The van der Waals surface area contributed by atoms with E-state index in [0.29, 0.717) is 5.92 Å². The van der Waals surface area contributed by atoms with Gasteiger partial charge in [0.2, 0.25) is 0 Å². The van der Waals surface area contributed by atoms with Gasteiger partial charge in [0.05, 0.1) is 6.10 Å². The van der Waals surface area contributed by atoms with E-state index in [1.165, 1.54) is 18.4 Å². The monoisotopic (exact) mass is 206 g/mol. The Morgan fingerprint density at radius 3 is 2.53 bits per heavy atom. The third kappa shape index (κ3) is 3.67. The van der Waals surface area contributed by atoms with E-state index in [2.05, 4.69) is 26.8 Å². The summed E-state index contributed by atoms with van der Waals surface area (Å²) in [5.41, 5.74) is 2.27. The summed E-state index contributed by atoms with van der Waals surface area (Å²) in [6.07, 6.45) is 2.97. The van der Waals surface area contributed by atoms with Crippen LogP contribution >= 0.6 is 0 Å². The van der Waals surface area contributed by atoms with Crippen LogP contribution in [0.1, 0.15) is 50.3 Å². The van der Waals surface area contributed by atoms with E-state index in [4.69, 9.17) is 0 Å². The molecular weight excluding hydrogens is 184 g/mol. The lowest BCUT2D eigenvalue weighted by Crippen LogP contribution is -2.05. The average Bonchev–Trinajstić information content (AvgIpc) is 2.18. The molecule has 1 nitrogen and oxygen atoms in total. The van der Waals surface area contributed by atoms with E-state index in [1.54, 1.807) is 0 Å². The number of benzene rings is 1. The summed E-state index contributed by atoms with van der Waals surface area (Å²) in [5, 5.41) is 10.1. The van der Waals surface area contributed by atoms with E-state index in [1.807, 2.05) is 18.2 Å². The highest BCUT2D eigenvalue weighted by Crippen LogP contribution is 2.25. The minimum absolute atomic E-state index is 0.298. The van der Waals surface area contributed by atoms with Gasteiger partial charge in [0, 0.05) is 0 Å². The molecule has 0 radical (unpaired) electrons. The smallest absolute Gasteiger partial charge is 0.0795 e. The predicted molar refractivity (Wildman–Crippen MR) is 64.8 cm³/mol. The van der Waals surface area contributed by atoms with Crippen molar-refractivity contribution in [2.45, 2.75) is 46.1 Å². The topological polar surface area (TPSA) is 20.2 Å². The van der Waals surface area contributed by atoms with Crippen molar-refractivity contribution in [3.05, 3.63) is 35.4 Å². The van der Waals surface area contributed by atoms with Crippen LogP contribution in [-0.2, 0) is 0 Å². The van der Waals surface area contributed by atoms with Crippen molar-refractivity contribution in [3.8, 4) is 0 Å². The Morgan fingerprint density at radius 1 is 1.27 bits per heavy atom. The standard InChI is InChI=1S/C14H22O/c1-4-7-11(2)10-14(15)13-9-6-5-8-12(13)3/h5-6,8-9,11,14-15H,4,7,10H2,1-3H3.